The van der Waals surface area contributed by atoms with Crippen LogP contribution in [0, 0.1) is 11.6 Å². The molecule has 3 nitrogen and oxygen atoms in total. The summed E-state index contributed by atoms with van der Waals surface area (Å²) in [5, 5.41) is 20.6. The monoisotopic (exact) mass is 425 g/mol. The molecule has 2 N–H and O–H groups in total. The zero-order valence-corrected chi connectivity index (χ0v) is 16.8. The van der Waals surface area contributed by atoms with Crippen LogP contribution >= 0.6 is 0 Å². The fourth-order valence-electron chi connectivity index (χ4n) is 3.79. The first kappa shape index (κ1) is 19.7. The number of pyridine rings is 1. The third kappa shape index (κ3) is 3.54. The van der Waals surface area contributed by atoms with Gasteiger partial charge in [0.2, 0.25) is 0 Å². The van der Waals surface area contributed by atoms with E-state index in [4.69, 9.17) is 4.98 Å². The van der Waals surface area contributed by atoms with Crippen LogP contribution in [0.25, 0.3) is 44.4 Å². The van der Waals surface area contributed by atoms with Crippen LogP contribution in [0.5, 0.6) is 11.5 Å². The van der Waals surface area contributed by atoms with Gasteiger partial charge >= 0.3 is 0 Å². The van der Waals surface area contributed by atoms with Gasteiger partial charge in [0.25, 0.3) is 0 Å². The molecule has 0 saturated carbocycles. The number of aromatic nitrogens is 1. The fourth-order valence-corrected chi connectivity index (χ4v) is 3.79. The lowest BCUT2D eigenvalue weighted by Crippen LogP contribution is -1.92. The lowest BCUT2D eigenvalue weighted by Gasteiger charge is -2.13. The van der Waals surface area contributed by atoms with Gasteiger partial charge in [-0.15, -0.1) is 0 Å². The third-order valence-corrected chi connectivity index (χ3v) is 5.42. The third-order valence-electron chi connectivity index (χ3n) is 5.42. The van der Waals surface area contributed by atoms with Gasteiger partial charge in [-0.1, -0.05) is 36.4 Å². The van der Waals surface area contributed by atoms with Crippen molar-refractivity contribution in [1.82, 2.24) is 4.98 Å². The van der Waals surface area contributed by atoms with Crippen molar-refractivity contribution in [2.75, 3.05) is 0 Å². The highest BCUT2D eigenvalue weighted by Crippen LogP contribution is 2.37. The summed E-state index contributed by atoms with van der Waals surface area (Å²) in [6, 6.07) is 24.7. The van der Waals surface area contributed by atoms with Gasteiger partial charge in [0, 0.05) is 16.5 Å². The average molecular weight is 425 g/mol. The first-order valence-corrected chi connectivity index (χ1v) is 9.97. The van der Waals surface area contributed by atoms with Gasteiger partial charge in [0.15, 0.2) is 11.6 Å². The Kier molecular flexibility index (Phi) is 4.79. The molecule has 5 aromatic rings. The molecule has 0 unspecified atom stereocenters. The average Bonchev–Trinajstić information content (AvgIpc) is 2.81. The topological polar surface area (TPSA) is 53.4 Å². The van der Waals surface area contributed by atoms with Gasteiger partial charge in [-0.05, 0) is 71.3 Å². The standard InChI is InChI=1S/C27H17F2NO2/c28-19-9-5-16(6-10-19)21-15-25(18-8-12-27(32)23(29)14-18)30-24-11-7-17(13-22(21)24)20-3-1-2-4-26(20)31/h1-15,31-32H. The van der Waals surface area contributed by atoms with Crippen molar-refractivity contribution < 1.29 is 19.0 Å². The number of hydrogen-bond acceptors (Lipinski definition) is 3. The zero-order chi connectivity index (χ0) is 22.2. The molecule has 0 bridgehead atoms. The predicted octanol–water partition coefficient (Wildman–Crippen LogP) is 6.93. The summed E-state index contributed by atoms with van der Waals surface area (Å²) < 4.78 is 27.5. The van der Waals surface area contributed by atoms with Crippen molar-refractivity contribution in [2.45, 2.75) is 0 Å². The van der Waals surface area contributed by atoms with Gasteiger partial charge in [0.1, 0.15) is 11.6 Å². The Labute approximate surface area is 182 Å². The summed E-state index contributed by atoms with van der Waals surface area (Å²) >= 11 is 0. The number of nitrogens with zero attached hydrogens (tertiary/aromatic N) is 1. The first-order chi connectivity index (χ1) is 15.5. The maximum Gasteiger partial charge on any atom is 0.165 e. The van der Waals surface area contributed by atoms with Crippen LogP contribution in [-0.2, 0) is 0 Å². The molecule has 0 spiro atoms. The molecule has 0 fully saturated rings. The van der Waals surface area contributed by atoms with E-state index in [0.29, 0.717) is 22.3 Å². The summed E-state index contributed by atoms with van der Waals surface area (Å²) in [6.07, 6.45) is 0. The largest absolute Gasteiger partial charge is 0.507 e. The van der Waals surface area contributed by atoms with Crippen molar-refractivity contribution in [3.8, 4) is 45.0 Å². The highest BCUT2D eigenvalue weighted by Gasteiger charge is 2.13. The molecule has 1 heterocycles. The Morgan fingerprint density at radius 2 is 1.31 bits per heavy atom. The highest BCUT2D eigenvalue weighted by molar-refractivity contribution is 5.99. The Morgan fingerprint density at radius 1 is 0.594 bits per heavy atom. The number of rotatable bonds is 3. The normalized spacial score (nSPS) is 11.1. The minimum absolute atomic E-state index is 0.166. The van der Waals surface area contributed by atoms with Crippen LogP contribution in [0.1, 0.15) is 0 Å². The molecule has 0 saturated heterocycles. The summed E-state index contributed by atoms with van der Waals surface area (Å²) in [7, 11) is 0. The molecule has 0 aliphatic rings. The zero-order valence-electron chi connectivity index (χ0n) is 16.8. The maximum absolute atomic E-state index is 14.0. The van der Waals surface area contributed by atoms with Gasteiger partial charge in [0.05, 0.1) is 11.2 Å². The maximum atomic E-state index is 14.0. The number of aromatic hydroxyl groups is 2. The van der Waals surface area contributed by atoms with Gasteiger partial charge in [-0.25, -0.2) is 13.8 Å². The van der Waals surface area contributed by atoms with Crippen molar-refractivity contribution >= 4 is 10.9 Å². The van der Waals surface area contributed by atoms with E-state index in [1.165, 1.54) is 24.3 Å². The highest BCUT2D eigenvalue weighted by atomic mass is 19.1. The Balaban J connectivity index is 1.77. The number of phenols is 2. The molecule has 0 amide bonds. The van der Waals surface area contributed by atoms with Crippen LogP contribution in [0.2, 0.25) is 0 Å². The van der Waals surface area contributed by atoms with E-state index in [1.807, 2.05) is 36.4 Å². The predicted molar refractivity (Wildman–Crippen MR) is 121 cm³/mol. The lowest BCUT2D eigenvalue weighted by atomic mass is 9.95. The number of hydrogen-bond donors (Lipinski definition) is 2. The Morgan fingerprint density at radius 3 is 2.06 bits per heavy atom. The Bertz CT molecular complexity index is 1460. The minimum atomic E-state index is -0.734. The number of fused-ring (bicyclic) bond motifs is 1. The van der Waals surface area contributed by atoms with Crippen LogP contribution in [0.15, 0.2) is 91.0 Å². The summed E-state index contributed by atoms with van der Waals surface area (Å²) in [5.41, 5.74) is 4.74. The Hall–Kier alpha value is -4.25. The van der Waals surface area contributed by atoms with Crippen LogP contribution < -0.4 is 0 Å². The molecular weight excluding hydrogens is 408 g/mol. The van der Waals surface area contributed by atoms with Crippen LogP contribution in [-0.4, -0.2) is 15.2 Å². The van der Waals surface area contributed by atoms with E-state index in [1.54, 1.807) is 30.3 Å². The smallest absolute Gasteiger partial charge is 0.165 e. The van der Waals surface area contributed by atoms with Gasteiger partial charge in [-0.2, -0.15) is 0 Å². The van der Waals surface area contributed by atoms with E-state index in [-0.39, 0.29) is 11.6 Å². The van der Waals surface area contributed by atoms with E-state index in [9.17, 15) is 19.0 Å². The second-order valence-electron chi connectivity index (χ2n) is 7.48. The molecular formula is C27H17F2NO2. The molecule has 32 heavy (non-hydrogen) atoms. The second-order valence-corrected chi connectivity index (χ2v) is 7.48. The summed E-state index contributed by atoms with van der Waals surface area (Å²) in [5.74, 6) is -1.34. The van der Waals surface area contributed by atoms with Gasteiger partial charge < -0.3 is 10.2 Å². The molecule has 0 aliphatic heterocycles. The van der Waals surface area contributed by atoms with E-state index in [2.05, 4.69) is 0 Å². The fraction of sp³-hybridized carbons (Fsp3) is 0. The van der Waals surface area contributed by atoms with Gasteiger partial charge in [-0.3, -0.25) is 0 Å². The van der Waals surface area contributed by atoms with Crippen molar-refractivity contribution in [2.24, 2.45) is 0 Å². The molecule has 1 aromatic heterocycles. The SMILES string of the molecule is Oc1ccc(-c2cc(-c3ccc(F)cc3)c3cc(-c4ccccc4O)ccc3n2)cc1F. The first-order valence-electron chi connectivity index (χ1n) is 9.97. The molecule has 0 atom stereocenters. The minimum Gasteiger partial charge on any atom is -0.507 e. The van der Waals surface area contributed by atoms with Crippen molar-refractivity contribution in [3.63, 3.8) is 0 Å². The second kappa shape index (κ2) is 7.78. The molecule has 5 rings (SSSR count). The number of benzene rings is 4. The summed E-state index contributed by atoms with van der Waals surface area (Å²) in [6.45, 7) is 0. The quantitative estimate of drug-likeness (QED) is 0.330. The molecule has 0 radical (unpaired) electrons. The van der Waals surface area contributed by atoms with Crippen molar-refractivity contribution in [3.05, 3.63) is 103 Å². The van der Waals surface area contributed by atoms with E-state index in [0.717, 1.165) is 22.1 Å². The van der Waals surface area contributed by atoms with E-state index < -0.39 is 11.6 Å². The molecule has 5 heteroatoms. The molecule has 4 aromatic carbocycles. The number of para-hydroxylation sites is 1. The van der Waals surface area contributed by atoms with Crippen LogP contribution in [0.3, 0.4) is 0 Å². The lowest BCUT2D eigenvalue weighted by molar-refractivity contribution is 0.432. The summed E-state index contributed by atoms with van der Waals surface area (Å²) in [4.78, 5) is 4.69. The number of phenolic OH excluding ortho intramolecular Hbond substituents is 2. The van der Waals surface area contributed by atoms with Crippen LogP contribution in [0.4, 0.5) is 8.78 Å². The number of halogens is 2. The molecule has 156 valence electrons. The van der Waals surface area contributed by atoms with Crippen molar-refractivity contribution in [1.29, 1.82) is 0 Å². The van der Waals surface area contributed by atoms with E-state index >= 15 is 0 Å². The molecule has 0 aliphatic carbocycles.